The Morgan fingerprint density at radius 3 is 2.85 bits per heavy atom. The van der Waals surface area contributed by atoms with Gasteiger partial charge < -0.3 is 9.73 Å². The second-order valence-corrected chi connectivity index (χ2v) is 9.08. The summed E-state index contributed by atoms with van der Waals surface area (Å²) >= 11 is 0. The van der Waals surface area contributed by atoms with Crippen molar-refractivity contribution < 1.29 is 4.42 Å². The molecular formula is C30H24N2O. The molecule has 2 unspecified atom stereocenters. The van der Waals surface area contributed by atoms with Crippen LogP contribution >= 0.6 is 0 Å². The molecule has 1 N–H and O–H groups in total. The molecule has 4 aliphatic rings. The molecule has 0 fully saturated rings. The molecule has 1 aromatic carbocycles. The fourth-order valence-corrected chi connectivity index (χ4v) is 5.82. The highest BCUT2D eigenvalue weighted by Gasteiger charge is 2.36. The number of allylic oxidation sites excluding steroid dienone is 8. The van der Waals surface area contributed by atoms with Gasteiger partial charge >= 0.3 is 0 Å². The summed E-state index contributed by atoms with van der Waals surface area (Å²) in [5.74, 6) is 1.57. The first-order valence-corrected chi connectivity index (χ1v) is 11.7. The average Bonchev–Trinajstić information content (AvgIpc) is 3.28. The Kier molecular flexibility index (Phi) is 4.16. The van der Waals surface area contributed by atoms with Crippen molar-refractivity contribution in [2.45, 2.75) is 18.8 Å². The summed E-state index contributed by atoms with van der Waals surface area (Å²) < 4.78 is 6.63. The smallest absolute Gasteiger partial charge is 0.136 e. The summed E-state index contributed by atoms with van der Waals surface area (Å²) in [5, 5.41) is 4.65. The van der Waals surface area contributed by atoms with E-state index in [1.807, 2.05) is 18.5 Å². The monoisotopic (exact) mass is 428 g/mol. The molecule has 7 rings (SSSR count). The van der Waals surface area contributed by atoms with Crippen molar-refractivity contribution in [2.75, 3.05) is 6.54 Å². The zero-order chi connectivity index (χ0) is 21.8. The van der Waals surface area contributed by atoms with Crippen molar-refractivity contribution in [1.29, 1.82) is 0 Å². The summed E-state index contributed by atoms with van der Waals surface area (Å²) in [6.45, 7) is 0.881. The van der Waals surface area contributed by atoms with Crippen molar-refractivity contribution in [3.63, 3.8) is 0 Å². The fraction of sp³-hybridized carbons (Fsp3) is 0.167. The number of pyridine rings is 1. The Balaban J connectivity index is 1.52. The third-order valence-corrected chi connectivity index (χ3v) is 7.25. The van der Waals surface area contributed by atoms with Crippen molar-refractivity contribution in [1.82, 2.24) is 10.3 Å². The lowest BCUT2D eigenvalue weighted by Gasteiger charge is -2.32. The van der Waals surface area contributed by atoms with Crippen molar-refractivity contribution in [3.8, 4) is 11.1 Å². The van der Waals surface area contributed by atoms with Gasteiger partial charge in [-0.15, -0.1) is 0 Å². The van der Waals surface area contributed by atoms with Crippen molar-refractivity contribution in [2.24, 2.45) is 5.92 Å². The average molecular weight is 429 g/mol. The van der Waals surface area contributed by atoms with Gasteiger partial charge in [0, 0.05) is 53.5 Å². The van der Waals surface area contributed by atoms with Crippen LogP contribution in [0.15, 0.2) is 94.9 Å². The molecule has 2 aromatic heterocycles. The highest BCUT2D eigenvalue weighted by atomic mass is 16.3. The molecule has 0 radical (unpaired) electrons. The van der Waals surface area contributed by atoms with E-state index in [1.165, 1.54) is 38.8 Å². The van der Waals surface area contributed by atoms with Crippen LogP contribution in [0.1, 0.15) is 34.8 Å². The van der Waals surface area contributed by atoms with Crippen LogP contribution in [0.3, 0.4) is 0 Å². The number of dihydropyridines is 1. The molecule has 3 aliphatic carbocycles. The molecule has 33 heavy (non-hydrogen) atoms. The topological polar surface area (TPSA) is 38.1 Å². The Hall–Kier alpha value is -3.85. The zero-order valence-corrected chi connectivity index (χ0v) is 18.3. The van der Waals surface area contributed by atoms with E-state index in [-0.39, 0.29) is 5.92 Å². The van der Waals surface area contributed by atoms with Crippen LogP contribution in [0.2, 0.25) is 0 Å². The maximum atomic E-state index is 6.63. The standard InChI is InChI=1S/C30H24N2O/c1-3-11-23-21(9-1)25(19-7-5-13-31-17-19)15-27-29(23)30-24-12-4-2-10-22(24)26(16-28(30)33-27)20-8-6-14-32-18-20/h1,3-9,11-12,14-18,21,23,31H,2,10,13H2. The minimum atomic E-state index is 0.270. The minimum absolute atomic E-state index is 0.270. The minimum Gasteiger partial charge on any atom is -0.456 e. The first kappa shape index (κ1) is 18.7. The lowest BCUT2D eigenvalue weighted by molar-refractivity contribution is 0.571. The van der Waals surface area contributed by atoms with Crippen LogP contribution in [-0.2, 0) is 6.42 Å². The van der Waals surface area contributed by atoms with Gasteiger partial charge in [0.25, 0.3) is 0 Å². The number of nitrogens with zero attached hydrogens (tertiary/aromatic N) is 1. The lowest BCUT2D eigenvalue weighted by Crippen LogP contribution is -2.21. The predicted octanol–water partition coefficient (Wildman–Crippen LogP) is 6.72. The van der Waals surface area contributed by atoms with Gasteiger partial charge in [-0.3, -0.25) is 4.98 Å². The highest BCUT2D eigenvalue weighted by molar-refractivity contribution is 5.99. The number of hydrogen-bond acceptors (Lipinski definition) is 3. The highest BCUT2D eigenvalue weighted by Crippen LogP contribution is 2.50. The van der Waals surface area contributed by atoms with Crippen LogP contribution in [0, 0.1) is 5.92 Å². The van der Waals surface area contributed by atoms with E-state index in [0.29, 0.717) is 5.92 Å². The lowest BCUT2D eigenvalue weighted by atomic mass is 9.71. The SMILES string of the molecule is C1=CC2C(C3=CNCC=C3)=Cc3oc4cc(-c5cccnc5)c5c(c4c3C2C=C1)C=CCC5. The molecule has 160 valence electrons. The number of benzene rings is 1. The number of nitrogens with one attached hydrogen (secondary N) is 1. The number of aromatic nitrogens is 1. The van der Waals surface area contributed by atoms with Gasteiger partial charge in [-0.2, -0.15) is 0 Å². The molecule has 3 nitrogen and oxygen atoms in total. The van der Waals surface area contributed by atoms with Gasteiger partial charge in [0.15, 0.2) is 0 Å². The molecule has 0 saturated carbocycles. The first-order valence-electron chi connectivity index (χ1n) is 11.7. The van der Waals surface area contributed by atoms with E-state index < -0.39 is 0 Å². The van der Waals surface area contributed by atoms with E-state index in [2.05, 4.69) is 83.3 Å². The maximum absolute atomic E-state index is 6.63. The van der Waals surface area contributed by atoms with Crippen LogP contribution in [0.25, 0.3) is 34.2 Å². The molecule has 0 saturated heterocycles. The van der Waals surface area contributed by atoms with Crippen LogP contribution in [0.5, 0.6) is 0 Å². The first-order chi connectivity index (χ1) is 16.4. The Morgan fingerprint density at radius 2 is 2.00 bits per heavy atom. The van der Waals surface area contributed by atoms with E-state index in [4.69, 9.17) is 4.42 Å². The second kappa shape index (κ2) is 7.35. The number of furan rings is 1. The zero-order valence-electron chi connectivity index (χ0n) is 18.3. The molecule has 3 aromatic rings. The Bertz CT molecular complexity index is 1460. The third kappa shape index (κ3) is 2.85. The molecule has 0 amide bonds. The predicted molar refractivity (Wildman–Crippen MR) is 135 cm³/mol. The molecule has 2 atom stereocenters. The molecule has 0 bridgehead atoms. The molecule has 1 aliphatic heterocycles. The number of rotatable bonds is 2. The molecule has 3 heterocycles. The summed E-state index contributed by atoms with van der Waals surface area (Å²) in [6, 6.07) is 6.40. The Morgan fingerprint density at radius 1 is 1.06 bits per heavy atom. The summed E-state index contributed by atoms with van der Waals surface area (Å²) in [6.07, 6.45) is 28.4. The summed E-state index contributed by atoms with van der Waals surface area (Å²) in [4.78, 5) is 4.38. The third-order valence-electron chi connectivity index (χ3n) is 7.25. The van der Waals surface area contributed by atoms with Crippen LogP contribution < -0.4 is 5.32 Å². The van der Waals surface area contributed by atoms with Crippen molar-refractivity contribution in [3.05, 3.63) is 113 Å². The number of fused-ring (bicyclic) bond motifs is 7. The Labute approximate surface area is 193 Å². The van der Waals surface area contributed by atoms with Gasteiger partial charge in [0.1, 0.15) is 11.3 Å². The molecule has 3 heteroatoms. The van der Waals surface area contributed by atoms with Crippen LogP contribution in [-0.4, -0.2) is 11.5 Å². The van der Waals surface area contributed by atoms with Gasteiger partial charge in [0.2, 0.25) is 0 Å². The van der Waals surface area contributed by atoms with E-state index in [9.17, 15) is 0 Å². The van der Waals surface area contributed by atoms with Crippen LogP contribution in [0.4, 0.5) is 0 Å². The number of hydrogen-bond donors (Lipinski definition) is 1. The van der Waals surface area contributed by atoms with Crippen molar-refractivity contribution >= 4 is 23.1 Å². The quantitative estimate of drug-likeness (QED) is 0.492. The molecule has 0 spiro atoms. The maximum Gasteiger partial charge on any atom is 0.136 e. The van der Waals surface area contributed by atoms with Gasteiger partial charge in [0.05, 0.1) is 0 Å². The van der Waals surface area contributed by atoms with E-state index in [0.717, 1.165) is 36.3 Å². The molecular weight excluding hydrogens is 404 g/mol. The van der Waals surface area contributed by atoms with E-state index in [1.54, 1.807) is 0 Å². The summed E-state index contributed by atoms with van der Waals surface area (Å²) in [5.41, 5.74) is 9.96. The fourth-order valence-electron chi connectivity index (χ4n) is 5.82. The van der Waals surface area contributed by atoms with Gasteiger partial charge in [-0.1, -0.05) is 54.7 Å². The van der Waals surface area contributed by atoms with Gasteiger partial charge in [-0.25, -0.2) is 0 Å². The van der Waals surface area contributed by atoms with E-state index >= 15 is 0 Å². The summed E-state index contributed by atoms with van der Waals surface area (Å²) in [7, 11) is 0. The van der Waals surface area contributed by atoms with Gasteiger partial charge in [-0.05, 0) is 58.9 Å². The largest absolute Gasteiger partial charge is 0.456 e. The second-order valence-electron chi connectivity index (χ2n) is 9.08. The normalized spacial score (nSPS) is 22.3.